The number of hydrogen-bond donors (Lipinski definition) is 1. The minimum Gasteiger partial charge on any atom is -0.378 e. The van der Waals surface area contributed by atoms with Crippen molar-refractivity contribution in [3.8, 4) is 0 Å². The summed E-state index contributed by atoms with van der Waals surface area (Å²) in [4.78, 5) is 6.11. The average molecular weight is 450 g/mol. The first-order valence-corrected chi connectivity index (χ1v) is 9.54. The molecular weight excluding hydrogens is 427 g/mol. The fourth-order valence-electron chi connectivity index (χ4n) is 2.12. The van der Waals surface area contributed by atoms with Gasteiger partial charge in [-0.15, -0.1) is 24.0 Å². The molecule has 0 aromatic carbocycles. The maximum Gasteiger partial charge on any atom is 0.215 e. The van der Waals surface area contributed by atoms with Gasteiger partial charge in [-0.2, -0.15) is 11.8 Å². The van der Waals surface area contributed by atoms with Gasteiger partial charge in [0.1, 0.15) is 0 Å². The van der Waals surface area contributed by atoms with E-state index in [9.17, 15) is 8.42 Å². The van der Waals surface area contributed by atoms with Gasteiger partial charge < -0.3 is 15.4 Å². The fraction of sp³-hybridized carbons (Fsp3) is 0.909. The van der Waals surface area contributed by atoms with E-state index in [0.717, 1.165) is 11.5 Å². The van der Waals surface area contributed by atoms with E-state index in [0.29, 0.717) is 45.4 Å². The molecule has 2 aliphatic rings. The first-order chi connectivity index (χ1) is 9.59. The summed E-state index contributed by atoms with van der Waals surface area (Å²) in [6.45, 7) is 4.14. The van der Waals surface area contributed by atoms with Crippen molar-refractivity contribution in [2.45, 2.75) is 0 Å². The first kappa shape index (κ1) is 19.3. The number of thioether (sulfide) groups is 1. The molecule has 21 heavy (non-hydrogen) atoms. The van der Waals surface area contributed by atoms with Crippen molar-refractivity contribution in [2.75, 3.05) is 63.2 Å². The zero-order valence-corrected chi connectivity index (χ0v) is 15.9. The van der Waals surface area contributed by atoms with Crippen molar-refractivity contribution in [3.05, 3.63) is 0 Å². The van der Waals surface area contributed by atoms with Crippen LogP contribution in [-0.2, 0) is 14.8 Å². The summed E-state index contributed by atoms with van der Waals surface area (Å²) in [5.41, 5.74) is 5.86. The summed E-state index contributed by atoms with van der Waals surface area (Å²) < 4.78 is 31.0. The van der Waals surface area contributed by atoms with Crippen molar-refractivity contribution in [1.29, 1.82) is 0 Å². The maximum atomic E-state index is 12.1. The molecule has 2 saturated heterocycles. The number of morpholine rings is 1. The molecule has 0 atom stereocenters. The van der Waals surface area contributed by atoms with E-state index in [-0.39, 0.29) is 36.3 Å². The lowest BCUT2D eigenvalue weighted by molar-refractivity contribution is 0.0674. The van der Waals surface area contributed by atoms with Gasteiger partial charge in [0, 0.05) is 37.7 Å². The van der Waals surface area contributed by atoms with Crippen molar-refractivity contribution in [2.24, 2.45) is 10.7 Å². The Morgan fingerprint density at radius 2 is 1.81 bits per heavy atom. The van der Waals surface area contributed by atoms with Crippen LogP contribution in [0, 0.1) is 0 Å². The molecule has 7 nitrogen and oxygen atoms in total. The van der Waals surface area contributed by atoms with E-state index in [1.54, 1.807) is 16.1 Å². The Balaban J connectivity index is 0.00000220. The quantitative estimate of drug-likeness (QED) is 0.357. The summed E-state index contributed by atoms with van der Waals surface area (Å²) >= 11 is 1.79. The van der Waals surface area contributed by atoms with Gasteiger partial charge in [-0.1, -0.05) is 0 Å². The van der Waals surface area contributed by atoms with Crippen LogP contribution in [-0.4, -0.2) is 86.8 Å². The third kappa shape index (κ3) is 6.08. The van der Waals surface area contributed by atoms with Crippen LogP contribution in [0.1, 0.15) is 0 Å². The number of hydrogen-bond acceptors (Lipinski definition) is 5. The van der Waals surface area contributed by atoms with E-state index in [1.807, 2.05) is 4.90 Å². The van der Waals surface area contributed by atoms with E-state index < -0.39 is 10.0 Å². The van der Waals surface area contributed by atoms with Gasteiger partial charge in [0.05, 0.1) is 25.5 Å². The predicted molar refractivity (Wildman–Crippen MR) is 97.0 cm³/mol. The molecule has 0 radical (unpaired) electrons. The van der Waals surface area contributed by atoms with Gasteiger partial charge in [0.2, 0.25) is 10.0 Å². The Kier molecular flexibility index (Phi) is 8.61. The van der Waals surface area contributed by atoms with E-state index in [4.69, 9.17) is 10.5 Å². The highest BCUT2D eigenvalue weighted by atomic mass is 127. The Hall–Kier alpha value is 0.220. The molecule has 0 aliphatic carbocycles. The lowest BCUT2D eigenvalue weighted by Gasteiger charge is -2.28. The van der Waals surface area contributed by atoms with Crippen LogP contribution in [0.25, 0.3) is 0 Å². The highest BCUT2D eigenvalue weighted by molar-refractivity contribution is 14.0. The lowest BCUT2D eigenvalue weighted by atomic mass is 10.4. The normalized spacial score (nSPS) is 21.9. The molecular formula is C11H23IN4O3S2. The number of halogens is 1. The standard InChI is InChI=1S/C11H22N4O3S2.HI/c12-11(14-2-6-18-7-3-14)13-1-10-20(16,17)15-4-8-19-9-5-15;/h1-10H2,(H2,12,13);1H. The number of guanidine groups is 1. The van der Waals surface area contributed by atoms with Crippen LogP contribution in [0.5, 0.6) is 0 Å². The molecule has 0 saturated carbocycles. The molecule has 2 rings (SSSR count). The van der Waals surface area contributed by atoms with Crippen molar-refractivity contribution in [1.82, 2.24) is 9.21 Å². The third-order valence-electron chi connectivity index (χ3n) is 3.32. The highest BCUT2D eigenvalue weighted by Crippen LogP contribution is 2.13. The van der Waals surface area contributed by atoms with Crippen LogP contribution >= 0.6 is 35.7 Å². The molecule has 2 fully saturated rings. The number of aliphatic imine (C=N–C) groups is 1. The zero-order valence-electron chi connectivity index (χ0n) is 11.9. The highest BCUT2D eigenvalue weighted by Gasteiger charge is 2.23. The molecule has 0 spiro atoms. The molecule has 0 aromatic rings. The monoisotopic (exact) mass is 450 g/mol. The second kappa shape index (κ2) is 9.38. The number of nitrogens with two attached hydrogens (primary N) is 1. The Morgan fingerprint density at radius 3 is 2.43 bits per heavy atom. The van der Waals surface area contributed by atoms with Crippen molar-refractivity contribution in [3.63, 3.8) is 0 Å². The van der Waals surface area contributed by atoms with E-state index in [1.165, 1.54) is 0 Å². The Labute approximate surface area is 147 Å². The van der Waals surface area contributed by atoms with Crippen LogP contribution in [0.15, 0.2) is 4.99 Å². The summed E-state index contributed by atoms with van der Waals surface area (Å²) in [7, 11) is -3.20. The molecule has 124 valence electrons. The van der Waals surface area contributed by atoms with Gasteiger partial charge in [0.15, 0.2) is 5.96 Å². The zero-order chi connectivity index (χ0) is 14.4. The van der Waals surface area contributed by atoms with Gasteiger partial charge >= 0.3 is 0 Å². The Bertz CT molecular complexity index is 435. The minimum atomic E-state index is -3.20. The van der Waals surface area contributed by atoms with Crippen LogP contribution in [0.4, 0.5) is 0 Å². The Morgan fingerprint density at radius 1 is 1.19 bits per heavy atom. The fourth-order valence-corrected chi connectivity index (χ4v) is 4.58. The third-order valence-corrected chi connectivity index (χ3v) is 6.11. The smallest absolute Gasteiger partial charge is 0.215 e. The maximum absolute atomic E-state index is 12.1. The SMILES string of the molecule is I.NC(=NCCS(=O)(=O)N1CCSCC1)N1CCOCC1. The van der Waals surface area contributed by atoms with E-state index in [2.05, 4.69) is 4.99 Å². The molecule has 2 heterocycles. The summed E-state index contributed by atoms with van der Waals surface area (Å²) in [5.74, 6) is 2.19. The minimum absolute atomic E-state index is 0. The number of ether oxygens (including phenoxy) is 1. The molecule has 0 bridgehead atoms. The van der Waals surface area contributed by atoms with Crippen LogP contribution in [0.2, 0.25) is 0 Å². The molecule has 2 N–H and O–H groups in total. The molecule has 2 aliphatic heterocycles. The predicted octanol–water partition coefficient (Wildman–Crippen LogP) is -0.370. The number of sulfonamides is 1. The van der Waals surface area contributed by atoms with Gasteiger partial charge in [0.25, 0.3) is 0 Å². The number of rotatable bonds is 4. The van der Waals surface area contributed by atoms with Gasteiger partial charge in [-0.05, 0) is 0 Å². The lowest BCUT2D eigenvalue weighted by Crippen LogP contribution is -2.45. The summed E-state index contributed by atoms with van der Waals surface area (Å²) in [6, 6.07) is 0. The summed E-state index contributed by atoms with van der Waals surface area (Å²) in [6.07, 6.45) is 0. The first-order valence-electron chi connectivity index (χ1n) is 6.78. The largest absolute Gasteiger partial charge is 0.378 e. The number of nitrogens with zero attached hydrogens (tertiary/aromatic N) is 3. The van der Waals surface area contributed by atoms with Crippen LogP contribution in [0.3, 0.4) is 0 Å². The van der Waals surface area contributed by atoms with Crippen LogP contribution < -0.4 is 5.73 Å². The molecule has 0 amide bonds. The van der Waals surface area contributed by atoms with E-state index >= 15 is 0 Å². The van der Waals surface area contributed by atoms with Crippen molar-refractivity contribution < 1.29 is 13.2 Å². The second-order valence-corrected chi connectivity index (χ2v) is 7.98. The topological polar surface area (TPSA) is 88.2 Å². The average Bonchev–Trinajstić information content (AvgIpc) is 2.49. The van der Waals surface area contributed by atoms with Gasteiger partial charge in [-0.25, -0.2) is 12.7 Å². The molecule has 0 unspecified atom stereocenters. The molecule has 10 heteroatoms. The molecule has 0 aromatic heterocycles. The van der Waals surface area contributed by atoms with Gasteiger partial charge in [-0.3, -0.25) is 4.99 Å². The second-order valence-electron chi connectivity index (χ2n) is 4.67. The van der Waals surface area contributed by atoms with Crippen molar-refractivity contribution >= 4 is 51.7 Å². The summed E-state index contributed by atoms with van der Waals surface area (Å²) in [5, 5.41) is 0.